The third-order valence-corrected chi connectivity index (χ3v) is 7.57. The number of amides is 2. The lowest BCUT2D eigenvalue weighted by Gasteiger charge is -2.27. The quantitative estimate of drug-likeness (QED) is 0.148. The summed E-state index contributed by atoms with van der Waals surface area (Å²) in [4.78, 5) is 44.5. The Labute approximate surface area is 278 Å². The molecule has 0 bridgehead atoms. The van der Waals surface area contributed by atoms with E-state index in [0.29, 0.717) is 35.7 Å². The normalized spacial score (nSPS) is 11.5. The third-order valence-electron chi connectivity index (χ3n) is 6.94. The fourth-order valence-electron chi connectivity index (χ4n) is 4.77. The first-order valence-corrected chi connectivity index (χ1v) is 15.5. The molecule has 0 saturated heterocycles. The Balaban J connectivity index is 1.57. The maximum Gasteiger partial charge on any atom is 0.414 e. The molecule has 1 aromatic heterocycles. The first kappa shape index (κ1) is 34.3. The van der Waals surface area contributed by atoms with Crippen LogP contribution in [0.2, 0.25) is 10.0 Å². The van der Waals surface area contributed by atoms with Crippen LogP contribution in [0.4, 0.5) is 16.3 Å². The van der Waals surface area contributed by atoms with Gasteiger partial charge in [0.2, 0.25) is 0 Å². The van der Waals surface area contributed by atoms with Gasteiger partial charge in [-0.3, -0.25) is 14.5 Å². The summed E-state index contributed by atoms with van der Waals surface area (Å²) in [5.74, 6) is -1.78. The highest BCUT2D eigenvalue weighted by atomic mass is 35.5. The van der Waals surface area contributed by atoms with Gasteiger partial charge in [0.05, 0.1) is 33.8 Å². The Morgan fingerprint density at radius 1 is 0.935 bits per heavy atom. The van der Waals surface area contributed by atoms with Crippen LogP contribution in [-0.2, 0) is 22.6 Å². The van der Waals surface area contributed by atoms with E-state index in [2.05, 4.69) is 10.3 Å². The number of benzene rings is 3. The van der Waals surface area contributed by atoms with Gasteiger partial charge in [0.1, 0.15) is 18.2 Å². The minimum absolute atomic E-state index is 0.0803. The van der Waals surface area contributed by atoms with Gasteiger partial charge in [0, 0.05) is 12.7 Å². The number of rotatable bonds is 13. The summed E-state index contributed by atoms with van der Waals surface area (Å²) in [7, 11) is 0. The number of hydrogen-bond acceptors (Lipinski definition) is 6. The monoisotopic (exact) mass is 663 g/mol. The highest BCUT2D eigenvalue weighted by Gasteiger charge is 2.27. The molecule has 4 rings (SSSR count). The molecule has 46 heavy (non-hydrogen) atoms. The van der Waals surface area contributed by atoms with Crippen molar-refractivity contribution in [1.29, 1.82) is 0 Å². The van der Waals surface area contributed by atoms with Crippen LogP contribution in [0.25, 0.3) is 0 Å². The van der Waals surface area contributed by atoms with E-state index >= 15 is 0 Å². The second-order valence-corrected chi connectivity index (χ2v) is 11.7. The summed E-state index contributed by atoms with van der Waals surface area (Å²) in [6.07, 6.45) is 1.03. The van der Waals surface area contributed by atoms with Crippen molar-refractivity contribution in [3.05, 3.63) is 117 Å². The molecule has 4 aromatic rings. The molecule has 1 heterocycles. The van der Waals surface area contributed by atoms with Crippen LogP contribution >= 0.6 is 23.2 Å². The number of aromatic nitrogens is 1. The van der Waals surface area contributed by atoms with Gasteiger partial charge in [0.25, 0.3) is 5.91 Å². The summed E-state index contributed by atoms with van der Waals surface area (Å²) in [5.41, 5.74) is 2.49. The van der Waals surface area contributed by atoms with E-state index in [4.69, 9.17) is 32.7 Å². The summed E-state index contributed by atoms with van der Waals surface area (Å²) >= 11 is 12.3. The van der Waals surface area contributed by atoms with Crippen LogP contribution in [0, 0.1) is 5.92 Å². The molecule has 9 nitrogen and oxygen atoms in total. The number of halogens is 2. The summed E-state index contributed by atoms with van der Waals surface area (Å²) in [6.45, 7) is 6.55. The average molecular weight is 665 g/mol. The zero-order valence-corrected chi connectivity index (χ0v) is 27.2. The lowest BCUT2D eigenvalue weighted by Crippen LogP contribution is -2.35. The van der Waals surface area contributed by atoms with Gasteiger partial charge in [-0.05, 0) is 66.3 Å². The van der Waals surface area contributed by atoms with Crippen LogP contribution in [0.1, 0.15) is 53.7 Å². The fourth-order valence-corrected chi connectivity index (χ4v) is 5.34. The number of ether oxygens (including phenoxy) is 2. The number of pyridine rings is 1. The van der Waals surface area contributed by atoms with E-state index in [1.807, 2.05) is 51.1 Å². The largest absolute Gasteiger partial charge is 0.492 e. The lowest BCUT2D eigenvalue weighted by molar-refractivity contribution is -0.138. The minimum atomic E-state index is -1.05. The Kier molecular flexibility index (Phi) is 12.0. The van der Waals surface area contributed by atoms with Crippen LogP contribution in [-0.4, -0.2) is 41.2 Å². The zero-order chi connectivity index (χ0) is 33.2. The molecule has 0 radical (unpaired) electrons. The number of nitrogens with one attached hydrogen (secondary N) is 1. The van der Waals surface area contributed by atoms with Crippen molar-refractivity contribution in [2.75, 3.05) is 23.4 Å². The summed E-state index contributed by atoms with van der Waals surface area (Å²) in [6, 6.07) is 22.4. The first-order chi connectivity index (χ1) is 22.1. The molecular formula is C35H35Cl2N3O6. The third kappa shape index (κ3) is 8.99. The molecule has 240 valence electrons. The fraction of sp³-hybridized carbons (Fsp3) is 0.257. The molecule has 0 aliphatic carbocycles. The van der Waals surface area contributed by atoms with Crippen molar-refractivity contribution in [1.82, 2.24) is 4.98 Å². The smallest absolute Gasteiger partial charge is 0.414 e. The summed E-state index contributed by atoms with van der Waals surface area (Å²) in [5, 5.41) is 13.3. The van der Waals surface area contributed by atoms with Crippen molar-refractivity contribution in [3.63, 3.8) is 0 Å². The lowest BCUT2D eigenvalue weighted by atomic mass is 9.92. The van der Waals surface area contributed by atoms with Gasteiger partial charge in [0.15, 0.2) is 0 Å². The Morgan fingerprint density at radius 3 is 2.26 bits per heavy atom. The molecule has 0 saturated carbocycles. The van der Waals surface area contributed by atoms with Gasteiger partial charge < -0.3 is 19.9 Å². The number of hydrogen-bond donors (Lipinski definition) is 2. The van der Waals surface area contributed by atoms with Gasteiger partial charge in [-0.2, -0.15) is 0 Å². The van der Waals surface area contributed by atoms with E-state index in [1.54, 1.807) is 48.5 Å². The first-order valence-electron chi connectivity index (χ1n) is 14.7. The van der Waals surface area contributed by atoms with Gasteiger partial charge in [-0.1, -0.05) is 85.6 Å². The van der Waals surface area contributed by atoms with E-state index in [-0.39, 0.29) is 40.4 Å². The number of aliphatic carboxylic acids is 1. The topological polar surface area (TPSA) is 118 Å². The molecule has 3 aromatic carbocycles. The maximum absolute atomic E-state index is 13.4. The second kappa shape index (κ2) is 16.1. The van der Waals surface area contributed by atoms with Gasteiger partial charge >= 0.3 is 12.1 Å². The summed E-state index contributed by atoms with van der Waals surface area (Å²) < 4.78 is 11.5. The predicted molar refractivity (Wildman–Crippen MR) is 179 cm³/mol. The maximum atomic E-state index is 13.4. The SMILES string of the molecule is CCOc1ccc(C(Cc2ccc(NC(=O)c3c(Cl)cccc3Cl)nc2)C(=O)O)cc1N(CC(C)C)C(=O)OCc1ccccc1. The van der Waals surface area contributed by atoms with Crippen molar-refractivity contribution < 1.29 is 29.0 Å². The highest BCUT2D eigenvalue weighted by Crippen LogP contribution is 2.35. The van der Waals surface area contributed by atoms with Gasteiger partial charge in [-0.25, -0.2) is 9.78 Å². The molecule has 0 aliphatic rings. The van der Waals surface area contributed by atoms with Crippen LogP contribution in [0.15, 0.2) is 85.1 Å². The van der Waals surface area contributed by atoms with Crippen LogP contribution in [0.5, 0.6) is 5.75 Å². The molecule has 11 heteroatoms. The Hall–Kier alpha value is -4.60. The molecular weight excluding hydrogens is 629 g/mol. The van der Waals surface area contributed by atoms with Crippen molar-refractivity contribution in [3.8, 4) is 5.75 Å². The van der Waals surface area contributed by atoms with E-state index in [9.17, 15) is 19.5 Å². The Morgan fingerprint density at radius 2 is 1.65 bits per heavy atom. The number of carboxylic acids is 1. The van der Waals surface area contributed by atoms with E-state index in [1.165, 1.54) is 11.1 Å². The van der Waals surface area contributed by atoms with Crippen molar-refractivity contribution in [2.24, 2.45) is 5.92 Å². The number of nitrogens with zero attached hydrogens (tertiary/aromatic N) is 2. The van der Waals surface area contributed by atoms with Crippen LogP contribution < -0.4 is 15.0 Å². The van der Waals surface area contributed by atoms with Crippen molar-refractivity contribution >= 4 is 52.7 Å². The molecule has 2 amide bonds. The van der Waals surface area contributed by atoms with Crippen LogP contribution in [0.3, 0.4) is 0 Å². The predicted octanol–water partition coefficient (Wildman–Crippen LogP) is 8.25. The number of carbonyl (C=O) groups is 3. The molecule has 1 unspecified atom stereocenters. The number of carbonyl (C=O) groups excluding carboxylic acids is 2. The minimum Gasteiger partial charge on any atom is -0.492 e. The van der Waals surface area contributed by atoms with Gasteiger partial charge in [-0.15, -0.1) is 0 Å². The highest BCUT2D eigenvalue weighted by molar-refractivity contribution is 6.40. The molecule has 0 aliphatic heterocycles. The molecule has 0 spiro atoms. The molecule has 1 atom stereocenters. The van der Waals surface area contributed by atoms with E-state index < -0.39 is 23.9 Å². The number of carboxylic acid groups (broad SMARTS) is 1. The average Bonchev–Trinajstić information content (AvgIpc) is 3.03. The standard InChI is InChI=1S/C35H35Cl2N3O6/c1-4-45-30-15-14-25(18-29(30)40(20-22(2)3)35(44)46-21-23-9-6-5-7-10-23)26(34(42)43)17-24-13-16-31(38-19-24)39-33(41)32-27(36)11-8-12-28(32)37/h5-16,18-19,22,26H,4,17,20-21H2,1-3H3,(H,42,43)(H,38,39,41). The molecule has 0 fully saturated rings. The van der Waals surface area contributed by atoms with E-state index in [0.717, 1.165) is 5.56 Å². The molecule has 2 N–H and O–H groups in total. The second-order valence-electron chi connectivity index (χ2n) is 10.9. The Bertz CT molecular complexity index is 1640. The number of anilines is 2. The van der Waals surface area contributed by atoms with Crippen molar-refractivity contribution in [2.45, 2.75) is 39.7 Å². The zero-order valence-electron chi connectivity index (χ0n) is 25.7.